The highest BCUT2D eigenvalue weighted by Gasteiger charge is 2.31. The molecule has 12 heavy (non-hydrogen) atoms. The van der Waals surface area contributed by atoms with E-state index in [2.05, 4.69) is 5.32 Å². The molecule has 0 radical (unpaired) electrons. The largest absolute Gasteiger partial charge is 0.401 e. The molecule has 1 rings (SSSR count). The molecular formula is C7H12F3NO. The second kappa shape index (κ2) is 3.62. The van der Waals surface area contributed by atoms with Crippen LogP contribution in [0.15, 0.2) is 0 Å². The number of aliphatic hydroxyl groups excluding tert-OH is 1. The van der Waals surface area contributed by atoms with Crippen LogP contribution in [0.5, 0.6) is 0 Å². The summed E-state index contributed by atoms with van der Waals surface area (Å²) in [7, 11) is 0. The number of halogens is 3. The fourth-order valence-electron chi connectivity index (χ4n) is 1.43. The van der Waals surface area contributed by atoms with Crippen molar-refractivity contribution < 1.29 is 18.3 Å². The van der Waals surface area contributed by atoms with Crippen molar-refractivity contribution in [1.29, 1.82) is 0 Å². The van der Waals surface area contributed by atoms with Gasteiger partial charge in [-0.25, -0.2) is 0 Å². The zero-order chi connectivity index (χ0) is 9.19. The molecule has 0 aromatic rings. The van der Waals surface area contributed by atoms with Crippen molar-refractivity contribution in [3.63, 3.8) is 0 Å². The molecule has 0 aromatic heterocycles. The summed E-state index contributed by atoms with van der Waals surface area (Å²) in [6.07, 6.45) is -2.74. The van der Waals surface area contributed by atoms with Gasteiger partial charge >= 0.3 is 6.18 Å². The Morgan fingerprint density at radius 3 is 2.42 bits per heavy atom. The zero-order valence-corrected chi connectivity index (χ0v) is 6.56. The molecule has 1 aliphatic rings. The Kier molecular flexibility index (Phi) is 2.95. The first-order valence-corrected chi connectivity index (χ1v) is 3.97. The third-order valence-corrected chi connectivity index (χ3v) is 2.04. The first-order chi connectivity index (χ1) is 5.49. The van der Waals surface area contributed by atoms with E-state index in [1.165, 1.54) is 0 Å². The molecule has 0 amide bonds. The molecule has 2 atom stereocenters. The maximum atomic E-state index is 11.7. The Morgan fingerprint density at radius 2 is 2.00 bits per heavy atom. The molecule has 72 valence electrons. The second-order valence-electron chi connectivity index (χ2n) is 3.10. The van der Waals surface area contributed by atoms with Gasteiger partial charge in [0.25, 0.3) is 0 Å². The van der Waals surface area contributed by atoms with E-state index < -0.39 is 18.8 Å². The second-order valence-corrected chi connectivity index (χ2v) is 3.10. The van der Waals surface area contributed by atoms with Crippen LogP contribution in [0.2, 0.25) is 0 Å². The number of alkyl halides is 3. The van der Waals surface area contributed by atoms with E-state index in [1.807, 2.05) is 0 Å². The lowest BCUT2D eigenvalue weighted by Gasteiger charge is -2.17. The average Bonchev–Trinajstić information content (AvgIpc) is 2.29. The topological polar surface area (TPSA) is 32.3 Å². The van der Waals surface area contributed by atoms with Crippen molar-refractivity contribution in [2.45, 2.75) is 37.6 Å². The van der Waals surface area contributed by atoms with Gasteiger partial charge < -0.3 is 10.4 Å². The highest BCUT2D eigenvalue weighted by molar-refractivity contribution is 4.83. The normalized spacial score (nSPS) is 31.0. The van der Waals surface area contributed by atoms with E-state index in [9.17, 15) is 13.2 Å². The van der Waals surface area contributed by atoms with Gasteiger partial charge in [0.05, 0.1) is 12.6 Å². The minimum atomic E-state index is -4.18. The SMILES string of the molecule is O[C@@H]1CCC[C@H]1NCC(F)(F)F. The smallest absolute Gasteiger partial charge is 0.392 e. The van der Waals surface area contributed by atoms with Crippen LogP contribution in [0.4, 0.5) is 13.2 Å². The lowest BCUT2D eigenvalue weighted by Crippen LogP contribution is -2.41. The molecule has 0 unspecified atom stereocenters. The van der Waals surface area contributed by atoms with E-state index in [0.29, 0.717) is 12.8 Å². The fraction of sp³-hybridized carbons (Fsp3) is 1.00. The van der Waals surface area contributed by atoms with E-state index in [4.69, 9.17) is 5.11 Å². The quantitative estimate of drug-likeness (QED) is 0.670. The molecule has 0 aliphatic heterocycles. The van der Waals surface area contributed by atoms with Gasteiger partial charge in [-0.1, -0.05) is 0 Å². The summed E-state index contributed by atoms with van der Waals surface area (Å²) in [6, 6.07) is -0.369. The third-order valence-electron chi connectivity index (χ3n) is 2.04. The fourth-order valence-corrected chi connectivity index (χ4v) is 1.43. The van der Waals surface area contributed by atoms with Gasteiger partial charge in [-0.05, 0) is 19.3 Å². The molecule has 0 bridgehead atoms. The van der Waals surface area contributed by atoms with Crippen LogP contribution in [0.3, 0.4) is 0 Å². The Hall–Kier alpha value is -0.290. The van der Waals surface area contributed by atoms with Gasteiger partial charge in [-0.2, -0.15) is 13.2 Å². The molecule has 2 N–H and O–H groups in total. The molecule has 1 fully saturated rings. The van der Waals surface area contributed by atoms with E-state index in [-0.39, 0.29) is 6.04 Å². The van der Waals surface area contributed by atoms with Crippen molar-refractivity contribution in [2.24, 2.45) is 0 Å². The summed E-state index contributed by atoms with van der Waals surface area (Å²) in [5, 5.41) is 11.5. The molecule has 0 saturated heterocycles. The molecule has 1 aliphatic carbocycles. The van der Waals surface area contributed by atoms with E-state index in [1.54, 1.807) is 0 Å². The van der Waals surface area contributed by atoms with Crippen LogP contribution in [0, 0.1) is 0 Å². The van der Waals surface area contributed by atoms with Crippen LogP contribution >= 0.6 is 0 Å². The van der Waals surface area contributed by atoms with Gasteiger partial charge in [-0.15, -0.1) is 0 Å². The van der Waals surface area contributed by atoms with Gasteiger partial charge in [-0.3, -0.25) is 0 Å². The van der Waals surface area contributed by atoms with Gasteiger partial charge in [0.1, 0.15) is 0 Å². The molecule has 5 heteroatoms. The lowest BCUT2D eigenvalue weighted by molar-refractivity contribution is -0.127. The molecule has 0 heterocycles. The number of nitrogens with one attached hydrogen (secondary N) is 1. The van der Waals surface area contributed by atoms with Crippen LogP contribution in [0.1, 0.15) is 19.3 Å². The predicted octanol–water partition coefficient (Wildman–Crippen LogP) is 1.05. The zero-order valence-electron chi connectivity index (χ0n) is 6.56. The van der Waals surface area contributed by atoms with Crippen LogP contribution in [-0.2, 0) is 0 Å². The Bertz CT molecular complexity index is 148. The molecule has 0 spiro atoms. The molecule has 1 saturated carbocycles. The number of hydrogen-bond donors (Lipinski definition) is 2. The summed E-state index contributed by atoms with van der Waals surface area (Å²) in [5.74, 6) is 0. The first kappa shape index (κ1) is 9.80. The summed E-state index contributed by atoms with van der Waals surface area (Å²) in [5.41, 5.74) is 0. The Balaban J connectivity index is 2.23. The Morgan fingerprint density at radius 1 is 1.33 bits per heavy atom. The van der Waals surface area contributed by atoms with Crippen LogP contribution in [0.25, 0.3) is 0 Å². The van der Waals surface area contributed by atoms with E-state index in [0.717, 1.165) is 6.42 Å². The van der Waals surface area contributed by atoms with Gasteiger partial charge in [0.2, 0.25) is 0 Å². The number of hydrogen-bond acceptors (Lipinski definition) is 2. The maximum absolute atomic E-state index is 11.7. The summed E-state index contributed by atoms with van der Waals surface area (Å²) < 4.78 is 35.1. The minimum absolute atomic E-state index is 0.369. The lowest BCUT2D eigenvalue weighted by atomic mass is 10.2. The minimum Gasteiger partial charge on any atom is -0.392 e. The highest BCUT2D eigenvalue weighted by Crippen LogP contribution is 2.20. The molecule has 2 nitrogen and oxygen atoms in total. The van der Waals surface area contributed by atoms with Crippen molar-refractivity contribution in [3.8, 4) is 0 Å². The Labute approximate surface area is 68.8 Å². The standard InChI is InChI=1S/C7H12F3NO/c8-7(9,10)4-11-5-2-1-3-6(5)12/h5-6,11-12H,1-4H2/t5-,6-/m1/s1. The van der Waals surface area contributed by atoms with Crippen LogP contribution in [-0.4, -0.2) is 30.0 Å². The highest BCUT2D eigenvalue weighted by atomic mass is 19.4. The summed E-state index contributed by atoms with van der Waals surface area (Å²) >= 11 is 0. The molecule has 0 aromatic carbocycles. The number of rotatable bonds is 2. The number of aliphatic hydroxyl groups is 1. The van der Waals surface area contributed by atoms with Crippen molar-refractivity contribution in [3.05, 3.63) is 0 Å². The summed E-state index contributed by atoms with van der Waals surface area (Å²) in [4.78, 5) is 0. The van der Waals surface area contributed by atoms with Crippen molar-refractivity contribution in [2.75, 3.05) is 6.54 Å². The van der Waals surface area contributed by atoms with Crippen LogP contribution < -0.4 is 5.32 Å². The van der Waals surface area contributed by atoms with Gasteiger partial charge in [0.15, 0.2) is 0 Å². The maximum Gasteiger partial charge on any atom is 0.401 e. The third kappa shape index (κ3) is 2.98. The average molecular weight is 183 g/mol. The molecular weight excluding hydrogens is 171 g/mol. The predicted molar refractivity (Wildman–Crippen MR) is 37.7 cm³/mol. The monoisotopic (exact) mass is 183 g/mol. The first-order valence-electron chi connectivity index (χ1n) is 3.97. The van der Waals surface area contributed by atoms with Crippen molar-refractivity contribution >= 4 is 0 Å². The van der Waals surface area contributed by atoms with Gasteiger partial charge in [0, 0.05) is 6.04 Å². The summed E-state index contributed by atoms with van der Waals surface area (Å²) in [6.45, 7) is -1.01. The van der Waals surface area contributed by atoms with E-state index >= 15 is 0 Å². The van der Waals surface area contributed by atoms with Crippen molar-refractivity contribution in [1.82, 2.24) is 5.32 Å².